The fourth-order valence-corrected chi connectivity index (χ4v) is 2.59. The van der Waals surface area contributed by atoms with Gasteiger partial charge in [0, 0.05) is 25.1 Å². The summed E-state index contributed by atoms with van der Waals surface area (Å²) in [6, 6.07) is 0. The van der Waals surface area contributed by atoms with Crippen molar-refractivity contribution < 1.29 is 0 Å². The molecule has 0 atom stereocenters. The van der Waals surface area contributed by atoms with Crippen molar-refractivity contribution >= 4 is 11.6 Å². The minimum absolute atomic E-state index is 0.894. The predicted octanol–water partition coefficient (Wildman–Crippen LogP) is 3.77. The number of nitrogens with zero attached hydrogens (tertiary/aromatic N) is 2. The van der Waals surface area contributed by atoms with Crippen LogP contribution in [0.3, 0.4) is 0 Å². The first kappa shape index (κ1) is 15.1. The molecule has 1 fully saturated rings. The Labute approximate surface area is 122 Å². The van der Waals surface area contributed by atoms with Crippen LogP contribution in [0.15, 0.2) is 0 Å². The van der Waals surface area contributed by atoms with Gasteiger partial charge in [0.1, 0.15) is 17.5 Å². The Bertz CT molecular complexity index is 427. The molecule has 0 aromatic carbocycles. The summed E-state index contributed by atoms with van der Waals surface area (Å²) in [4.78, 5) is 9.30. The highest BCUT2D eigenvalue weighted by atomic mass is 15.1. The van der Waals surface area contributed by atoms with E-state index in [1.165, 1.54) is 25.7 Å². The highest BCUT2D eigenvalue weighted by Crippen LogP contribution is 2.29. The van der Waals surface area contributed by atoms with Gasteiger partial charge in [-0.2, -0.15) is 0 Å². The lowest BCUT2D eigenvalue weighted by molar-refractivity contribution is 0.303. The average Bonchev–Trinajstić information content (AvgIpc) is 2.38. The standard InChI is InChI=1S/C16H28N4/c1-4-7-14-19-15(17-5-2)12(3)16(20-14)18-11-10-13-8-6-9-13/h13H,4-11H2,1-3H3,(H2,17,18,19,20). The molecular weight excluding hydrogens is 248 g/mol. The number of anilines is 2. The van der Waals surface area contributed by atoms with Crippen molar-refractivity contribution in [2.45, 2.75) is 59.3 Å². The molecule has 112 valence electrons. The smallest absolute Gasteiger partial charge is 0.134 e. The number of aryl methyl sites for hydroxylation is 1. The molecule has 0 aliphatic heterocycles. The van der Waals surface area contributed by atoms with E-state index in [0.29, 0.717) is 0 Å². The monoisotopic (exact) mass is 276 g/mol. The number of aromatic nitrogens is 2. The van der Waals surface area contributed by atoms with Crippen molar-refractivity contribution in [1.82, 2.24) is 9.97 Å². The molecule has 0 spiro atoms. The van der Waals surface area contributed by atoms with Crippen LogP contribution in [0.1, 0.15) is 57.3 Å². The lowest BCUT2D eigenvalue weighted by Gasteiger charge is -2.25. The summed E-state index contributed by atoms with van der Waals surface area (Å²) >= 11 is 0. The number of hydrogen-bond donors (Lipinski definition) is 2. The Morgan fingerprint density at radius 3 is 2.35 bits per heavy atom. The Morgan fingerprint density at radius 1 is 1.10 bits per heavy atom. The zero-order valence-corrected chi connectivity index (χ0v) is 13.1. The molecule has 1 saturated carbocycles. The van der Waals surface area contributed by atoms with Crippen LogP contribution in [0.25, 0.3) is 0 Å². The van der Waals surface area contributed by atoms with Crippen molar-refractivity contribution in [3.05, 3.63) is 11.4 Å². The van der Waals surface area contributed by atoms with Crippen LogP contribution >= 0.6 is 0 Å². The van der Waals surface area contributed by atoms with E-state index >= 15 is 0 Å². The quantitative estimate of drug-likeness (QED) is 0.759. The van der Waals surface area contributed by atoms with Gasteiger partial charge >= 0.3 is 0 Å². The first-order valence-corrected chi connectivity index (χ1v) is 8.09. The van der Waals surface area contributed by atoms with Gasteiger partial charge in [0.15, 0.2) is 0 Å². The molecule has 4 nitrogen and oxygen atoms in total. The Kier molecular flexibility index (Phi) is 5.62. The number of rotatable bonds is 8. The normalized spacial score (nSPS) is 14.9. The fourth-order valence-electron chi connectivity index (χ4n) is 2.59. The van der Waals surface area contributed by atoms with E-state index in [9.17, 15) is 0 Å². The SMILES string of the molecule is CCCc1nc(NCC)c(C)c(NCCC2CCC2)n1. The highest BCUT2D eigenvalue weighted by Gasteiger charge is 2.17. The van der Waals surface area contributed by atoms with E-state index in [1.807, 2.05) is 0 Å². The van der Waals surface area contributed by atoms with Crippen molar-refractivity contribution in [3.8, 4) is 0 Å². The fraction of sp³-hybridized carbons (Fsp3) is 0.750. The van der Waals surface area contributed by atoms with Gasteiger partial charge in [-0.25, -0.2) is 9.97 Å². The van der Waals surface area contributed by atoms with Gasteiger partial charge in [-0.3, -0.25) is 0 Å². The molecule has 1 aromatic heterocycles. The van der Waals surface area contributed by atoms with Crippen molar-refractivity contribution in [2.75, 3.05) is 23.7 Å². The topological polar surface area (TPSA) is 49.8 Å². The number of hydrogen-bond acceptors (Lipinski definition) is 4. The average molecular weight is 276 g/mol. The van der Waals surface area contributed by atoms with Crippen molar-refractivity contribution in [1.29, 1.82) is 0 Å². The van der Waals surface area contributed by atoms with Crippen molar-refractivity contribution in [2.24, 2.45) is 5.92 Å². The van der Waals surface area contributed by atoms with Crippen LogP contribution < -0.4 is 10.6 Å². The molecule has 1 aromatic rings. The lowest BCUT2D eigenvalue weighted by Crippen LogP contribution is -2.17. The van der Waals surface area contributed by atoms with Crippen LogP contribution in [-0.2, 0) is 6.42 Å². The zero-order valence-electron chi connectivity index (χ0n) is 13.1. The second kappa shape index (κ2) is 7.46. The molecule has 1 aliphatic rings. The summed E-state index contributed by atoms with van der Waals surface area (Å²) in [6.45, 7) is 8.29. The third-order valence-corrected chi connectivity index (χ3v) is 4.08. The maximum atomic E-state index is 4.68. The van der Waals surface area contributed by atoms with Crippen LogP contribution in [-0.4, -0.2) is 23.1 Å². The van der Waals surface area contributed by atoms with Gasteiger partial charge in [0.2, 0.25) is 0 Å². The summed E-state index contributed by atoms with van der Waals surface area (Å²) in [5, 5.41) is 6.86. The number of nitrogens with one attached hydrogen (secondary N) is 2. The first-order valence-electron chi connectivity index (χ1n) is 8.09. The van der Waals surface area contributed by atoms with Crippen LogP contribution in [0.5, 0.6) is 0 Å². The van der Waals surface area contributed by atoms with E-state index in [1.54, 1.807) is 0 Å². The largest absolute Gasteiger partial charge is 0.370 e. The summed E-state index contributed by atoms with van der Waals surface area (Å²) in [5.41, 5.74) is 1.14. The van der Waals surface area contributed by atoms with Gasteiger partial charge in [-0.05, 0) is 32.6 Å². The molecule has 0 saturated heterocycles. The minimum atomic E-state index is 0.894. The molecular formula is C16H28N4. The maximum absolute atomic E-state index is 4.68. The molecule has 2 N–H and O–H groups in total. The Morgan fingerprint density at radius 2 is 1.80 bits per heavy atom. The van der Waals surface area contributed by atoms with Crippen molar-refractivity contribution in [3.63, 3.8) is 0 Å². The minimum Gasteiger partial charge on any atom is -0.370 e. The summed E-state index contributed by atoms with van der Waals surface area (Å²) < 4.78 is 0. The van der Waals surface area contributed by atoms with E-state index in [4.69, 9.17) is 0 Å². The first-order chi connectivity index (χ1) is 9.74. The summed E-state index contributed by atoms with van der Waals surface area (Å²) in [6.07, 6.45) is 7.53. The van der Waals surface area contributed by atoms with Crippen LogP contribution in [0, 0.1) is 12.8 Å². The van der Waals surface area contributed by atoms with E-state index in [-0.39, 0.29) is 0 Å². The van der Waals surface area contributed by atoms with Gasteiger partial charge < -0.3 is 10.6 Å². The van der Waals surface area contributed by atoms with E-state index in [0.717, 1.165) is 54.9 Å². The van der Waals surface area contributed by atoms with Gasteiger partial charge in [-0.1, -0.05) is 26.2 Å². The van der Waals surface area contributed by atoms with Gasteiger partial charge in [0.05, 0.1) is 0 Å². The molecule has 0 unspecified atom stereocenters. The summed E-state index contributed by atoms with van der Waals surface area (Å²) in [7, 11) is 0. The van der Waals surface area contributed by atoms with E-state index in [2.05, 4.69) is 41.4 Å². The zero-order chi connectivity index (χ0) is 14.4. The highest BCUT2D eigenvalue weighted by molar-refractivity contribution is 5.57. The van der Waals surface area contributed by atoms with Crippen LogP contribution in [0.4, 0.5) is 11.6 Å². The molecule has 0 radical (unpaired) electrons. The second-order valence-electron chi connectivity index (χ2n) is 5.75. The molecule has 4 heteroatoms. The molecule has 1 aliphatic carbocycles. The molecule has 2 rings (SSSR count). The van der Waals surface area contributed by atoms with Gasteiger partial charge in [0.25, 0.3) is 0 Å². The third-order valence-electron chi connectivity index (χ3n) is 4.08. The lowest BCUT2D eigenvalue weighted by atomic mass is 9.83. The molecule has 20 heavy (non-hydrogen) atoms. The third kappa shape index (κ3) is 3.84. The molecule has 0 bridgehead atoms. The Hall–Kier alpha value is -1.32. The predicted molar refractivity (Wildman–Crippen MR) is 85.4 cm³/mol. The summed E-state index contributed by atoms with van der Waals surface area (Å²) in [5.74, 6) is 3.88. The Balaban J connectivity index is 2.03. The molecule has 1 heterocycles. The van der Waals surface area contributed by atoms with Crippen LogP contribution in [0.2, 0.25) is 0 Å². The van der Waals surface area contributed by atoms with E-state index < -0.39 is 0 Å². The second-order valence-corrected chi connectivity index (χ2v) is 5.75. The maximum Gasteiger partial charge on any atom is 0.134 e. The molecule has 0 amide bonds. The van der Waals surface area contributed by atoms with Gasteiger partial charge in [-0.15, -0.1) is 0 Å².